The zero-order chi connectivity index (χ0) is 11.3. The monoisotopic (exact) mass is 228 g/mol. The van der Waals surface area contributed by atoms with E-state index in [1.807, 2.05) is 6.92 Å². The van der Waals surface area contributed by atoms with E-state index in [4.69, 9.17) is 5.73 Å². The van der Waals surface area contributed by atoms with Crippen LogP contribution in [0.3, 0.4) is 0 Å². The van der Waals surface area contributed by atoms with Crippen molar-refractivity contribution in [3.05, 3.63) is 12.4 Å². The summed E-state index contributed by atoms with van der Waals surface area (Å²) in [6, 6.07) is 0. The van der Waals surface area contributed by atoms with Crippen molar-refractivity contribution in [2.24, 2.45) is 0 Å². The van der Waals surface area contributed by atoms with Crippen LogP contribution in [0.4, 0.5) is 11.6 Å². The normalized spacial score (nSPS) is 14.5. The average Bonchev–Trinajstić information content (AvgIpc) is 2.20. The van der Waals surface area contributed by atoms with Gasteiger partial charge in [-0.25, -0.2) is 9.97 Å². The molecule has 15 heavy (non-hydrogen) atoms. The van der Waals surface area contributed by atoms with Crippen molar-refractivity contribution < 1.29 is 4.21 Å². The highest BCUT2D eigenvalue weighted by molar-refractivity contribution is 7.84. The molecule has 1 rings (SSSR count). The highest BCUT2D eigenvalue weighted by atomic mass is 32.2. The van der Waals surface area contributed by atoms with Crippen LogP contribution in [-0.4, -0.2) is 32.2 Å². The second-order valence-corrected chi connectivity index (χ2v) is 5.15. The van der Waals surface area contributed by atoms with Crippen molar-refractivity contribution in [2.75, 3.05) is 23.9 Å². The van der Waals surface area contributed by atoms with Gasteiger partial charge in [0.25, 0.3) is 0 Å². The fraction of sp³-hybridized carbons (Fsp3) is 0.556. The van der Waals surface area contributed by atoms with Gasteiger partial charge in [0.2, 0.25) is 0 Å². The molecule has 0 fully saturated rings. The van der Waals surface area contributed by atoms with Crippen LogP contribution in [0.25, 0.3) is 0 Å². The van der Waals surface area contributed by atoms with E-state index in [-0.39, 0.29) is 5.25 Å². The molecule has 1 aromatic heterocycles. The van der Waals surface area contributed by atoms with Crippen LogP contribution in [0.1, 0.15) is 13.3 Å². The molecule has 84 valence electrons. The summed E-state index contributed by atoms with van der Waals surface area (Å²) < 4.78 is 11.1. The number of nitrogens with zero attached hydrogens (tertiary/aromatic N) is 2. The fourth-order valence-corrected chi connectivity index (χ4v) is 1.45. The number of rotatable bonds is 5. The summed E-state index contributed by atoms with van der Waals surface area (Å²) in [5, 5.41) is 3.29. The van der Waals surface area contributed by atoms with Gasteiger partial charge < -0.3 is 11.1 Å². The molecule has 2 unspecified atom stereocenters. The summed E-state index contributed by atoms with van der Waals surface area (Å²) in [6.07, 6.45) is 5.65. The Morgan fingerprint density at radius 1 is 1.53 bits per heavy atom. The molecule has 2 atom stereocenters. The highest BCUT2D eigenvalue weighted by Gasteiger charge is 2.05. The molecule has 0 bridgehead atoms. The van der Waals surface area contributed by atoms with Crippen LogP contribution in [0, 0.1) is 0 Å². The molecule has 5 nitrogen and oxygen atoms in total. The van der Waals surface area contributed by atoms with Gasteiger partial charge in [-0.2, -0.15) is 0 Å². The SMILES string of the molecule is CC(CCNc1cnc(N)cn1)S(C)=O. The minimum Gasteiger partial charge on any atom is -0.382 e. The van der Waals surface area contributed by atoms with E-state index in [0.29, 0.717) is 11.6 Å². The third-order valence-corrected chi connectivity index (χ3v) is 3.46. The van der Waals surface area contributed by atoms with Crippen LogP contribution >= 0.6 is 0 Å². The summed E-state index contributed by atoms with van der Waals surface area (Å²) >= 11 is 0. The Morgan fingerprint density at radius 3 is 2.80 bits per heavy atom. The molecule has 1 heterocycles. The second kappa shape index (κ2) is 5.65. The lowest BCUT2D eigenvalue weighted by Crippen LogP contribution is -2.15. The minimum atomic E-state index is -0.768. The Labute approximate surface area is 92.0 Å². The van der Waals surface area contributed by atoms with Gasteiger partial charge in [-0.1, -0.05) is 6.92 Å². The predicted molar refractivity (Wildman–Crippen MR) is 63.1 cm³/mol. The maximum Gasteiger partial charge on any atom is 0.144 e. The molecule has 0 saturated heterocycles. The van der Waals surface area contributed by atoms with Crippen molar-refractivity contribution in [1.82, 2.24) is 9.97 Å². The number of anilines is 2. The molecule has 0 aliphatic carbocycles. The van der Waals surface area contributed by atoms with Gasteiger partial charge >= 0.3 is 0 Å². The number of nitrogens with one attached hydrogen (secondary N) is 1. The van der Waals surface area contributed by atoms with Crippen molar-refractivity contribution in [1.29, 1.82) is 0 Å². The smallest absolute Gasteiger partial charge is 0.144 e. The zero-order valence-electron chi connectivity index (χ0n) is 8.93. The van der Waals surface area contributed by atoms with E-state index < -0.39 is 10.8 Å². The van der Waals surface area contributed by atoms with E-state index in [1.54, 1.807) is 12.5 Å². The Morgan fingerprint density at radius 2 is 2.27 bits per heavy atom. The topological polar surface area (TPSA) is 80.9 Å². The molecule has 6 heteroatoms. The van der Waals surface area contributed by atoms with Crippen LogP contribution in [-0.2, 0) is 10.8 Å². The molecular weight excluding hydrogens is 212 g/mol. The van der Waals surface area contributed by atoms with Crippen molar-refractivity contribution in [3.8, 4) is 0 Å². The molecule has 1 aromatic rings. The van der Waals surface area contributed by atoms with Gasteiger partial charge in [-0.05, 0) is 6.42 Å². The molecule has 3 N–H and O–H groups in total. The van der Waals surface area contributed by atoms with Crippen LogP contribution < -0.4 is 11.1 Å². The van der Waals surface area contributed by atoms with E-state index >= 15 is 0 Å². The first-order valence-corrected chi connectivity index (χ1v) is 6.35. The first kappa shape index (κ1) is 11.9. The number of hydrogen-bond acceptors (Lipinski definition) is 5. The van der Waals surface area contributed by atoms with E-state index in [0.717, 1.165) is 13.0 Å². The number of nitrogens with two attached hydrogens (primary N) is 1. The van der Waals surface area contributed by atoms with Gasteiger partial charge in [-0.15, -0.1) is 0 Å². The first-order valence-electron chi connectivity index (χ1n) is 4.73. The third-order valence-electron chi connectivity index (χ3n) is 2.10. The fourth-order valence-electron chi connectivity index (χ4n) is 0.999. The molecule has 0 amide bonds. The summed E-state index contributed by atoms with van der Waals surface area (Å²) in [6.45, 7) is 2.70. The van der Waals surface area contributed by atoms with E-state index in [2.05, 4.69) is 15.3 Å². The third kappa shape index (κ3) is 4.24. The summed E-state index contributed by atoms with van der Waals surface area (Å²) in [4.78, 5) is 7.95. The minimum absolute atomic E-state index is 0.194. The van der Waals surface area contributed by atoms with Crippen molar-refractivity contribution in [3.63, 3.8) is 0 Å². The van der Waals surface area contributed by atoms with Crippen molar-refractivity contribution in [2.45, 2.75) is 18.6 Å². The molecular formula is C9H16N4OS. The van der Waals surface area contributed by atoms with E-state index in [9.17, 15) is 4.21 Å². The quantitative estimate of drug-likeness (QED) is 0.772. The van der Waals surface area contributed by atoms with Gasteiger partial charge in [0.1, 0.15) is 11.6 Å². The lowest BCUT2D eigenvalue weighted by molar-refractivity contribution is 0.672. The Hall–Kier alpha value is -1.17. The molecule has 0 spiro atoms. The molecule has 0 aliphatic heterocycles. The lowest BCUT2D eigenvalue weighted by Gasteiger charge is -2.09. The van der Waals surface area contributed by atoms with E-state index in [1.165, 1.54) is 6.20 Å². The summed E-state index contributed by atoms with van der Waals surface area (Å²) in [5.41, 5.74) is 5.40. The predicted octanol–water partition coefficient (Wildman–Crippen LogP) is 0.628. The largest absolute Gasteiger partial charge is 0.382 e. The molecule has 0 radical (unpaired) electrons. The van der Waals surface area contributed by atoms with Gasteiger partial charge in [0, 0.05) is 28.9 Å². The van der Waals surface area contributed by atoms with Gasteiger partial charge in [0.05, 0.1) is 12.4 Å². The Bertz CT molecular complexity index is 327. The highest BCUT2D eigenvalue weighted by Crippen LogP contribution is 2.03. The lowest BCUT2D eigenvalue weighted by atomic mass is 10.3. The molecule has 0 saturated carbocycles. The Balaban J connectivity index is 2.32. The van der Waals surface area contributed by atoms with Crippen LogP contribution in [0.5, 0.6) is 0 Å². The van der Waals surface area contributed by atoms with Gasteiger partial charge in [0.15, 0.2) is 0 Å². The number of nitrogen functional groups attached to an aromatic ring is 1. The maximum atomic E-state index is 11.1. The first-order chi connectivity index (χ1) is 7.09. The Kier molecular flexibility index (Phi) is 4.48. The summed E-state index contributed by atoms with van der Waals surface area (Å²) in [7, 11) is -0.768. The number of hydrogen-bond donors (Lipinski definition) is 2. The maximum absolute atomic E-state index is 11.1. The zero-order valence-corrected chi connectivity index (χ0v) is 9.75. The standard InChI is InChI=1S/C9H16N4OS/c1-7(15(2)14)3-4-11-9-6-12-8(10)5-13-9/h5-7H,3-4H2,1-2H3,(H2,10,12)(H,11,13). The summed E-state index contributed by atoms with van der Waals surface area (Å²) in [5.74, 6) is 1.10. The number of aromatic nitrogens is 2. The van der Waals surface area contributed by atoms with Crippen LogP contribution in [0.2, 0.25) is 0 Å². The average molecular weight is 228 g/mol. The second-order valence-electron chi connectivity index (χ2n) is 3.35. The molecule has 0 aromatic carbocycles. The van der Waals surface area contributed by atoms with Gasteiger partial charge in [-0.3, -0.25) is 4.21 Å². The van der Waals surface area contributed by atoms with Crippen LogP contribution in [0.15, 0.2) is 12.4 Å². The molecule has 0 aliphatic rings. The van der Waals surface area contributed by atoms with Crippen molar-refractivity contribution >= 4 is 22.4 Å².